The van der Waals surface area contributed by atoms with E-state index < -0.39 is 0 Å². The van der Waals surface area contributed by atoms with Gasteiger partial charge in [-0.05, 0) is 36.8 Å². The van der Waals surface area contributed by atoms with Crippen LogP contribution in [0.4, 0.5) is 0 Å². The molecule has 1 unspecified atom stereocenters. The van der Waals surface area contributed by atoms with Gasteiger partial charge >= 0.3 is 0 Å². The number of nitrogens with one attached hydrogen (secondary N) is 1. The van der Waals surface area contributed by atoms with Gasteiger partial charge in [0.15, 0.2) is 17.3 Å². The van der Waals surface area contributed by atoms with Gasteiger partial charge in [-0.25, -0.2) is 0 Å². The summed E-state index contributed by atoms with van der Waals surface area (Å²) in [5.74, 6) is 2.54. The number of carbonyl (C=O) groups is 1. The molecule has 1 amide bonds. The fourth-order valence-electron chi connectivity index (χ4n) is 2.79. The lowest BCUT2D eigenvalue weighted by atomic mass is 10.1. The molecule has 0 spiro atoms. The van der Waals surface area contributed by atoms with Crippen LogP contribution in [0.5, 0.6) is 17.2 Å². The molecule has 2 heterocycles. The van der Waals surface area contributed by atoms with E-state index in [0.29, 0.717) is 23.0 Å². The fourth-order valence-corrected chi connectivity index (χ4v) is 2.79. The van der Waals surface area contributed by atoms with Gasteiger partial charge in [0.05, 0.1) is 6.04 Å². The molecule has 27 heavy (non-hydrogen) atoms. The first kappa shape index (κ1) is 17.0. The van der Waals surface area contributed by atoms with Crippen LogP contribution in [0, 0.1) is 0 Å². The molecule has 1 N–H and O–H groups in total. The van der Waals surface area contributed by atoms with Crippen molar-refractivity contribution in [2.24, 2.45) is 0 Å². The third-order valence-corrected chi connectivity index (χ3v) is 4.26. The quantitative estimate of drug-likeness (QED) is 0.713. The number of benzene rings is 2. The van der Waals surface area contributed by atoms with E-state index in [9.17, 15) is 4.79 Å². The predicted molar refractivity (Wildman–Crippen MR) is 97.9 cm³/mol. The van der Waals surface area contributed by atoms with Crippen LogP contribution in [0.25, 0.3) is 0 Å². The molecule has 1 aromatic heterocycles. The van der Waals surface area contributed by atoms with Crippen molar-refractivity contribution in [1.82, 2.24) is 5.32 Å². The molecule has 0 bridgehead atoms. The summed E-state index contributed by atoms with van der Waals surface area (Å²) in [5, 5.41) is 2.92. The Morgan fingerprint density at radius 2 is 1.89 bits per heavy atom. The number of ether oxygens (including phenoxy) is 3. The Hall–Kier alpha value is -3.41. The Labute approximate surface area is 156 Å². The van der Waals surface area contributed by atoms with Gasteiger partial charge < -0.3 is 23.9 Å². The van der Waals surface area contributed by atoms with Crippen LogP contribution in [0.15, 0.2) is 65.1 Å². The molecule has 0 radical (unpaired) electrons. The van der Waals surface area contributed by atoms with Crippen LogP contribution in [0.1, 0.15) is 34.8 Å². The highest BCUT2D eigenvalue weighted by Gasteiger charge is 2.16. The van der Waals surface area contributed by atoms with Gasteiger partial charge in [0.1, 0.15) is 18.1 Å². The SMILES string of the molecule is CC(NC(=O)c1ccc(COc2ccc3c(c2)OCO3)o1)c1ccccc1. The van der Waals surface area contributed by atoms with Gasteiger partial charge in [-0.3, -0.25) is 4.79 Å². The number of rotatable bonds is 6. The van der Waals surface area contributed by atoms with E-state index in [1.165, 1.54) is 0 Å². The fraction of sp³-hybridized carbons (Fsp3) is 0.190. The zero-order chi connectivity index (χ0) is 18.6. The second kappa shape index (κ2) is 7.45. The maximum Gasteiger partial charge on any atom is 0.287 e. The van der Waals surface area contributed by atoms with Gasteiger partial charge in [0.2, 0.25) is 6.79 Å². The normalized spacial score (nSPS) is 13.2. The molecule has 0 saturated heterocycles. The van der Waals surface area contributed by atoms with Gasteiger partial charge in [-0.2, -0.15) is 0 Å². The number of hydrogen-bond acceptors (Lipinski definition) is 5. The molecule has 1 aliphatic heterocycles. The summed E-state index contributed by atoms with van der Waals surface area (Å²) >= 11 is 0. The van der Waals surface area contributed by atoms with E-state index >= 15 is 0 Å². The second-order valence-corrected chi connectivity index (χ2v) is 6.18. The van der Waals surface area contributed by atoms with E-state index in [1.807, 2.05) is 37.3 Å². The molecule has 138 valence electrons. The predicted octanol–water partition coefficient (Wildman–Crippen LogP) is 4.08. The maximum absolute atomic E-state index is 12.4. The van der Waals surface area contributed by atoms with E-state index in [4.69, 9.17) is 18.6 Å². The number of fused-ring (bicyclic) bond motifs is 1. The maximum atomic E-state index is 12.4. The number of carbonyl (C=O) groups excluding carboxylic acids is 1. The molecule has 4 rings (SSSR count). The minimum atomic E-state index is -0.263. The van der Waals surface area contributed by atoms with Gasteiger partial charge in [-0.1, -0.05) is 30.3 Å². The van der Waals surface area contributed by atoms with Crippen LogP contribution >= 0.6 is 0 Å². The standard InChI is InChI=1S/C21H19NO5/c1-14(15-5-3-2-4-6-15)22-21(23)19-10-8-17(27-19)12-24-16-7-9-18-20(11-16)26-13-25-18/h2-11,14H,12-13H2,1H3,(H,22,23). The summed E-state index contributed by atoms with van der Waals surface area (Å²) in [6.45, 7) is 2.36. The first-order chi connectivity index (χ1) is 13.2. The van der Waals surface area contributed by atoms with Crippen LogP contribution < -0.4 is 19.5 Å². The third kappa shape index (κ3) is 3.89. The molecule has 6 nitrogen and oxygen atoms in total. The Morgan fingerprint density at radius 1 is 1.07 bits per heavy atom. The monoisotopic (exact) mass is 365 g/mol. The molecule has 0 fully saturated rings. The van der Waals surface area contributed by atoms with E-state index in [1.54, 1.807) is 30.3 Å². The largest absolute Gasteiger partial charge is 0.486 e. The van der Waals surface area contributed by atoms with Crippen molar-refractivity contribution < 1.29 is 23.4 Å². The minimum Gasteiger partial charge on any atom is -0.486 e. The summed E-state index contributed by atoms with van der Waals surface area (Å²) in [4.78, 5) is 12.4. The highest BCUT2D eigenvalue weighted by molar-refractivity contribution is 5.91. The third-order valence-electron chi connectivity index (χ3n) is 4.26. The van der Waals surface area contributed by atoms with E-state index in [0.717, 1.165) is 5.56 Å². The zero-order valence-electron chi connectivity index (χ0n) is 14.8. The van der Waals surface area contributed by atoms with Crippen molar-refractivity contribution >= 4 is 5.91 Å². The lowest BCUT2D eigenvalue weighted by Gasteiger charge is -2.13. The van der Waals surface area contributed by atoms with Crippen molar-refractivity contribution in [2.45, 2.75) is 19.6 Å². The number of furan rings is 1. The van der Waals surface area contributed by atoms with Crippen molar-refractivity contribution in [3.05, 3.63) is 77.7 Å². The summed E-state index contributed by atoms with van der Waals surface area (Å²) in [7, 11) is 0. The molecule has 1 atom stereocenters. The highest BCUT2D eigenvalue weighted by Crippen LogP contribution is 2.35. The van der Waals surface area contributed by atoms with Crippen LogP contribution in [-0.2, 0) is 6.61 Å². The van der Waals surface area contributed by atoms with E-state index in [2.05, 4.69) is 5.32 Å². The molecular formula is C21H19NO5. The topological polar surface area (TPSA) is 69.9 Å². The summed E-state index contributed by atoms with van der Waals surface area (Å²) in [5.41, 5.74) is 1.03. The molecule has 6 heteroatoms. The Morgan fingerprint density at radius 3 is 2.74 bits per heavy atom. The van der Waals surface area contributed by atoms with Crippen molar-refractivity contribution in [3.8, 4) is 17.2 Å². The first-order valence-electron chi connectivity index (χ1n) is 8.66. The Balaban J connectivity index is 1.34. The average Bonchev–Trinajstić information content (AvgIpc) is 3.36. The van der Waals surface area contributed by atoms with Crippen LogP contribution in [0.3, 0.4) is 0 Å². The van der Waals surface area contributed by atoms with Gasteiger partial charge in [0.25, 0.3) is 5.91 Å². The number of amides is 1. The molecule has 2 aromatic carbocycles. The Bertz CT molecular complexity index is 935. The van der Waals surface area contributed by atoms with Crippen LogP contribution in [-0.4, -0.2) is 12.7 Å². The molecule has 1 aliphatic rings. The van der Waals surface area contributed by atoms with Gasteiger partial charge in [0, 0.05) is 6.07 Å². The van der Waals surface area contributed by atoms with Crippen molar-refractivity contribution in [2.75, 3.05) is 6.79 Å². The molecular weight excluding hydrogens is 346 g/mol. The number of hydrogen-bond donors (Lipinski definition) is 1. The first-order valence-corrected chi connectivity index (χ1v) is 8.66. The zero-order valence-corrected chi connectivity index (χ0v) is 14.8. The van der Waals surface area contributed by atoms with Gasteiger partial charge in [-0.15, -0.1) is 0 Å². The van der Waals surface area contributed by atoms with Crippen molar-refractivity contribution in [1.29, 1.82) is 0 Å². The lowest BCUT2D eigenvalue weighted by molar-refractivity contribution is 0.0907. The summed E-state index contributed by atoms with van der Waals surface area (Å²) in [6.07, 6.45) is 0. The average molecular weight is 365 g/mol. The smallest absolute Gasteiger partial charge is 0.287 e. The molecule has 0 aliphatic carbocycles. The lowest BCUT2D eigenvalue weighted by Crippen LogP contribution is -2.26. The van der Waals surface area contributed by atoms with Crippen LogP contribution in [0.2, 0.25) is 0 Å². The summed E-state index contributed by atoms with van der Waals surface area (Å²) in [6, 6.07) is 18.4. The molecule has 3 aromatic rings. The molecule has 0 saturated carbocycles. The summed E-state index contributed by atoms with van der Waals surface area (Å²) < 4.78 is 21.9. The second-order valence-electron chi connectivity index (χ2n) is 6.18. The Kier molecular flexibility index (Phi) is 4.70. The van der Waals surface area contributed by atoms with Crippen molar-refractivity contribution in [3.63, 3.8) is 0 Å². The highest BCUT2D eigenvalue weighted by atomic mass is 16.7. The van der Waals surface area contributed by atoms with E-state index in [-0.39, 0.29) is 31.1 Å². The minimum absolute atomic E-state index is 0.114.